The molecule has 0 radical (unpaired) electrons. The Labute approximate surface area is 174 Å². The molecule has 0 N–H and O–H groups in total. The Kier molecular flexibility index (Phi) is 5.16. The topological polar surface area (TPSA) is 52.6 Å². The van der Waals surface area contributed by atoms with Gasteiger partial charge in [0.25, 0.3) is 5.91 Å². The SMILES string of the molecule is O=C(c1cc(N2CCCC2)ccn1)N1CCN(Cc2nc3ccccc3s2)CC1. The van der Waals surface area contributed by atoms with Crippen molar-refractivity contribution < 1.29 is 4.79 Å². The van der Waals surface area contributed by atoms with Crippen LogP contribution >= 0.6 is 11.3 Å². The third-order valence-electron chi connectivity index (χ3n) is 5.79. The van der Waals surface area contributed by atoms with Crippen molar-refractivity contribution >= 4 is 33.1 Å². The molecule has 1 amide bonds. The van der Waals surface area contributed by atoms with Gasteiger partial charge in [-0.25, -0.2) is 4.98 Å². The Bertz CT molecular complexity index is 972. The summed E-state index contributed by atoms with van der Waals surface area (Å²) in [6.07, 6.45) is 4.22. The number of hydrogen-bond donors (Lipinski definition) is 0. The number of fused-ring (bicyclic) bond motifs is 1. The van der Waals surface area contributed by atoms with Crippen LogP contribution < -0.4 is 4.90 Å². The lowest BCUT2D eigenvalue weighted by molar-refractivity contribution is 0.0623. The van der Waals surface area contributed by atoms with Crippen LogP contribution in [-0.4, -0.2) is 64.9 Å². The van der Waals surface area contributed by atoms with Gasteiger partial charge >= 0.3 is 0 Å². The predicted molar refractivity (Wildman–Crippen MR) is 116 cm³/mol. The molecule has 2 aliphatic heterocycles. The van der Waals surface area contributed by atoms with Crippen LogP contribution in [0.2, 0.25) is 0 Å². The van der Waals surface area contributed by atoms with E-state index in [1.807, 2.05) is 23.1 Å². The maximum Gasteiger partial charge on any atom is 0.272 e. The molecular formula is C22H25N5OS. The van der Waals surface area contributed by atoms with Gasteiger partial charge in [0.2, 0.25) is 0 Å². The zero-order chi connectivity index (χ0) is 19.6. The second-order valence-electron chi connectivity index (χ2n) is 7.74. The summed E-state index contributed by atoms with van der Waals surface area (Å²) in [7, 11) is 0. The van der Waals surface area contributed by atoms with E-state index in [1.165, 1.54) is 17.5 Å². The van der Waals surface area contributed by atoms with E-state index in [4.69, 9.17) is 4.98 Å². The van der Waals surface area contributed by atoms with E-state index in [-0.39, 0.29) is 5.91 Å². The first-order valence-electron chi connectivity index (χ1n) is 10.3. The van der Waals surface area contributed by atoms with Crippen molar-refractivity contribution in [3.63, 3.8) is 0 Å². The average molecular weight is 408 g/mol. The molecule has 3 aromatic rings. The molecule has 0 atom stereocenters. The van der Waals surface area contributed by atoms with Crippen LogP contribution in [0.15, 0.2) is 42.6 Å². The number of hydrogen-bond acceptors (Lipinski definition) is 6. The molecule has 2 fully saturated rings. The van der Waals surface area contributed by atoms with E-state index >= 15 is 0 Å². The highest BCUT2D eigenvalue weighted by molar-refractivity contribution is 7.18. The molecule has 0 saturated carbocycles. The standard InChI is InChI=1S/C22H25N5OS/c28-22(19-15-17(7-8-23-19)26-9-3-4-10-26)27-13-11-25(12-14-27)16-21-24-18-5-1-2-6-20(18)29-21/h1-2,5-8,15H,3-4,9-14,16H2. The van der Waals surface area contributed by atoms with Crippen molar-refractivity contribution in [1.82, 2.24) is 19.8 Å². The Morgan fingerprint density at radius 1 is 1.00 bits per heavy atom. The third-order valence-corrected chi connectivity index (χ3v) is 6.81. The van der Waals surface area contributed by atoms with Crippen molar-refractivity contribution in [2.24, 2.45) is 0 Å². The second kappa shape index (κ2) is 8.08. The Hall–Kier alpha value is -2.51. The lowest BCUT2D eigenvalue weighted by Crippen LogP contribution is -2.48. The minimum atomic E-state index is 0.0469. The number of piperazine rings is 1. The summed E-state index contributed by atoms with van der Waals surface area (Å²) in [5, 5.41) is 1.14. The Morgan fingerprint density at radius 2 is 1.79 bits per heavy atom. The van der Waals surface area contributed by atoms with E-state index in [1.54, 1.807) is 17.5 Å². The minimum Gasteiger partial charge on any atom is -0.371 e. The van der Waals surface area contributed by atoms with Crippen LogP contribution in [0.3, 0.4) is 0 Å². The van der Waals surface area contributed by atoms with Crippen LogP contribution in [0.5, 0.6) is 0 Å². The molecule has 0 spiro atoms. The first-order valence-corrected chi connectivity index (χ1v) is 11.1. The molecule has 2 aliphatic rings. The molecule has 1 aromatic carbocycles. The highest BCUT2D eigenvalue weighted by Gasteiger charge is 2.24. The third kappa shape index (κ3) is 3.97. The molecule has 6 nitrogen and oxygen atoms in total. The minimum absolute atomic E-state index is 0.0469. The van der Waals surface area contributed by atoms with Crippen molar-refractivity contribution in [1.29, 1.82) is 0 Å². The quantitative estimate of drug-likeness (QED) is 0.665. The van der Waals surface area contributed by atoms with E-state index in [0.29, 0.717) is 5.69 Å². The van der Waals surface area contributed by atoms with E-state index < -0.39 is 0 Å². The van der Waals surface area contributed by atoms with Gasteiger partial charge in [-0.3, -0.25) is 14.7 Å². The largest absolute Gasteiger partial charge is 0.371 e. The monoisotopic (exact) mass is 407 g/mol. The van der Waals surface area contributed by atoms with Crippen LogP contribution in [-0.2, 0) is 6.54 Å². The molecule has 29 heavy (non-hydrogen) atoms. The number of anilines is 1. The summed E-state index contributed by atoms with van der Waals surface area (Å²) >= 11 is 1.76. The van der Waals surface area contributed by atoms with Gasteiger partial charge in [-0.2, -0.15) is 0 Å². The first-order chi connectivity index (χ1) is 14.3. The summed E-state index contributed by atoms with van der Waals surface area (Å²) in [4.78, 5) is 28.7. The summed E-state index contributed by atoms with van der Waals surface area (Å²) in [5.74, 6) is 0.0469. The maximum absolute atomic E-state index is 13.0. The lowest BCUT2D eigenvalue weighted by Gasteiger charge is -2.34. The number of para-hydroxylation sites is 1. The molecule has 0 unspecified atom stereocenters. The first kappa shape index (κ1) is 18.5. The van der Waals surface area contributed by atoms with Crippen molar-refractivity contribution in [2.75, 3.05) is 44.2 Å². The summed E-state index contributed by atoms with van der Waals surface area (Å²) in [5.41, 5.74) is 2.76. The lowest BCUT2D eigenvalue weighted by atomic mass is 10.2. The van der Waals surface area contributed by atoms with E-state index in [9.17, 15) is 4.79 Å². The highest BCUT2D eigenvalue weighted by Crippen LogP contribution is 2.24. The summed E-state index contributed by atoms with van der Waals surface area (Å²) in [6.45, 7) is 6.20. The van der Waals surface area contributed by atoms with E-state index in [0.717, 1.165) is 62.0 Å². The molecule has 0 aliphatic carbocycles. The average Bonchev–Trinajstić information content (AvgIpc) is 3.43. The molecule has 7 heteroatoms. The van der Waals surface area contributed by atoms with E-state index in [2.05, 4.69) is 33.0 Å². The number of benzene rings is 1. The number of thiazole rings is 1. The molecular weight excluding hydrogens is 382 g/mol. The van der Waals surface area contributed by atoms with Gasteiger partial charge in [0, 0.05) is 51.2 Å². The van der Waals surface area contributed by atoms with Crippen molar-refractivity contribution in [3.05, 3.63) is 53.3 Å². The fourth-order valence-electron chi connectivity index (χ4n) is 4.16. The van der Waals surface area contributed by atoms with Gasteiger partial charge < -0.3 is 9.80 Å². The zero-order valence-corrected chi connectivity index (χ0v) is 17.3. The maximum atomic E-state index is 13.0. The fraction of sp³-hybridized carbons (Fsp3) is 0.409. The highest BCUT2D eigenvalue weighted by atomic mass is 32.1. The van der Waals surface area contributed by atoms with Gasteiger partial charge in [0.1, 0.15) is 10.7 Å². The van der Waals surface area contributed by atoms with Crippen LogP contribution in [0, 0.1) is 0 Å². The zero-order valence-electron chi connectivity index (χ0n) is 16.5. The number of aromatic nitrogens is 2. The number of carbonyl (C=O) groups excluding carboxylic acids is 1. The fourth-order valence-corrected chi connectivity index (χ4v) is 5.17. The van der Waals surface area contributed by atoms with Gasteiger partial charge in [-0.1, -0.05) is 12.1 Å². The Morgan fingerprint density at radius 3 is 2.59 bits per heavy atom. The Balaban J connectivity index is 1.20. The van der Waals surface area contributed by atoms with Crippen LogP contribution in [0.4, 0.5) is 5.69 Å². The number of amides is 1. The van der Waals surface area contributed by atoms with Gasteiger partial charge in [-0.15, -0.1) is 11.3 Å². The van der Waals surface area contributed by atoms with Gasteiger partial charge in [0.15, 0.2) is 0 Å². The van der Waals surface area contributed by atoms with Crippen molar-refractivity contribution in [2.45, 2.75) is 19.4 Å². The smallest absolute Gasteiger partial charge is 0.272 e. The number of pyridine rings is 1. The number of carbonyl (C=O) groups is 1. The normalized spacial score (nSPS) is 17.9. The van der Waals surface area contributed by atoms with Gasteiger partial charge in [-0.05, 0) is 37.1 Å². The molecule has 2 saturated heterocycles. The summed E-state index contributed by atoms with van der Waals surface area (Å²) < 4.78 is 1.24. The second-order valence-corrected chi connectivity index (χ2v) is 8.85. The molecule has 2 aromatic heterocycles. The molecule has 150 valence electrons. The molecule has 4 heterocycles. The molecule has 0 bridgehead atoms. The summed E-state index contributed by atoms with van der Waals surface area (Å²) in [6, 6.07) is 12.2. The van der Waals surface area contributed by atoms with Crippen LogP contribution in [0.1, 0.15) is 28.3 Å². The molecule has 5 rings (SSSR count). The van der Waals surface area contributed by atoms with Crippen LogP contribution in [0.25, 0.3) is 10.2 Å². The van der Waals surface area contributed by atoms with Gasteiger partial charge in [0.05, 0.1) is 16.8 Å². The number of nitrogens with zero attached hydrogens (tertiary/aromatic N) is 5. The predicted octanol–water partition coefficient (Wildman–Crippen LogP) is 3.25. The number of rotatable bonds is 4. The van der Waals surface area contributed by atoms with Crippen molar-refractivity contribution in [3.8, 4) is 0 Å².